The number of benzene rings is 4. The van der Waals surface area contributed by atoms with Gasteiger partial charge in [0, 0.05) is 34.3 Å². The average Bonchev–Trinajstić information content (AvgIpc) is 3.31. The lowest BCUT2D eigenvalue weighted by Gasteiger charge is -2.22. The van der Waals surface area contributed by atoms with Crippen molar-refractivity contribution in [3.63, 3.8) is 0 Å². The maximum atomic E-state index is 13.3. The van der Waals surface area contributed by atoms with Gasteiger partial charge in [-0.05, 0) is 137 Å². The third kappa shape index (κ3) is 11.7. The van der Waals surface area contributed by atoms with Crippen LogP contribution >= 0.6 is 0 Å². The summed E-state index contributed by atoms with van der Waals surface area (Å²) in [5, 5.41) is 1.67. The number of aryl methyl sites for hydroxylation is 4. The normalized spacial score (nSPS) is 11.3. The second-order valence-corrected chi connectivity index (χ2v) is 17.1. The average molecular weight is 915 g/mol. The molecule has 67 heavy (non-hydrogen) atoms. The molecule has 2 aromatic heterocycles. The Morgan fingerprint density at radius 1 is 0.507 bits per heavy atom. The van der Waals surface area contributed by atoms with Crippen LogP contribution in [0.1, 0.15) is 117 Å². The lowest BCUT2D eigenvalue weighted by Crippen LogP contribution is -2.16. The number of nitrogens with zero attached hydrogens (tertiary/aromatic N) is 2. The molecule has 0 spiro atoms. The number of aromatic nitrogens is 2. The molecule has 0 fully saturated rings. The topological polar surface area (TPSA) is 134 Å². The standard InChI is InChI=1S/C55H66N2O10/c1-13-36-21-34(9)46(42(15-3)52(36)64-28-38-26-56-48-19-17-40(60-11)23-44(48)54(38)66-32(5)6)30-62-50(58)25-51(59)63-31-47-35(10)22-37(14-2)53(43(47)16-4)65-29-39-27-57-49-20-18-41(61-12)24-45(49)55(39)67-33(7)8/h17-24,26-27,32-33H,13-16,25,28-31H2,1-12H3. The van der Waals surface area contributed by atoms with Gasteiger partial charge in [-0.15, -0.1) is 0 Å². The first-order chi connectivity index (χ1) is 32.2. The molecule has 0 unspecified atom stereocenters. The van der Waals surface area contributed by atoms with Gasteiger partial charge in [-0.2, -0.15) is 0 Å². The minimum Gasteiger partial charge on any atom is -0.497 e. The lowest BCUT2D eigenvalue weighted by atomic mass is 9.94. The van der Waals surface area contributed by atoms with Crippen molar-refractivity contribution in [3.8, 4) is 34.5 Å². The van der Waals surface area contributed by atoms with Crippen LogP contribution in [0.15, 0.2) is 60.9 Å². The van der Waals surface area contributed by atoms with E-state index in [1.807, 2.05) is 91.8 Å². The molecule has 0 aliphatic heterocycles. The number of rotatable bonds is 22. The second kappa shape index (κ2) is 22.8. The molecule has 0 aliphatic carbocycles. The molecule has 0 atom stereocenters. The van der Waals surface area contributed by atoms with Gasteiger partial charge < -0.3 is 37.9 Å². The third-order valence-corrected chi connectivity index (χ3v) is 11.8. The molecular weight excluding hydrogens is 849 g/mol. The summed E-state index contributed by atoms with van der Waals surface area (Å²) in [6.45, 7) is 20.6. The highest BCUT2D eigenvalue weighted by atomic mass is 16.6. The van der Waals surface area contributed by atoms with E-state index in [4.69, 9.17) is 47.9 Å². The predicted octanol–water partition coefficient (Wildman–Crippen LogP) is 11.6. The van der Waals surface area contributed by atoms with E-state index in [9.17, 15) is 9.59 Å². The van der Waals surface area contributed by atoms with Crippen LogP contribution in [0.25, 0.3) is 21.8 Å². The van der Waals surface area contributed by atoms with Gasteiger partial charge in [0.15, 0.2) is 0 Å². The molecule has 12 nitrogen and oxygen atoms in total. The predicted molar refractivity (Wildman–Crippen MR) is 261 cm³/mol. The summed E-state index contributed by atoms with van der Waals surface area (Å²) < 4.78 is 48.6. The van der Waals surface area contributed by atoms with E-state index in [0.717, 1.165) is 102 Å². The van der Waals surface area contributed by atoms with Crippen molar-refractivity contribution in [2.45, 2.75) is 140 Å². The molecule has 6 rings (SSSR count). The Hall–Kier alpha value is -6.56. The fourth-order valence-corrected chi connectivity index (χ4v) is 8.41. The Labute approximate surface area is 395 Å². The van der Waals surface area contributed by atoms with Crippen molar-refractivity contribution in [1.29, 1.82) is 0 Å². The summed E-state index contributed by atoms with van der Waals surface area (Å²) >= 11 is 0. The number of methoxy groups -OCH3 is 2. The molecule has 0 N–H and O–H groups in total. The molecule has 6 aromatic rings. The SMILES string of the molecule is CCc1cc(C)c(COC(=O)CC(=O)OCc2c(C)cc(CC)c(OCc3cnc4ccc(OC)cc4c3OC(C)C)c2CC)c(CC)c1OCc1cnc2ccc(OC)cc2c1OC(C)C. The first kappa shape index (κ1) is 49.9. The van der Waals surface area contributed by atoms with Crippen LogP contribution in [0.4, 0.5) is 0 Å². The number of pyridine rings is 2. The van der Waals surface area contributed by atoms with Crippen LogP contribution < -0.4 is 28.4 Å². The fourth-order valence-electron chi connectivity index (χ4n) is 8.41. The molecule has 356 valence electrons. The first-order valence-corrected chi connectivity index (χ1v) is 23.3. The van der Waals surface area contributed by atoms with Gasteiger partial charge in [-0.3, -0.25) is 19.6 Å². The molecular formula is C55H66N2O10. The third-order valence-electron chi connectivity index (χ3n) is 11.8. The van der Waals surface area contributed by atoms with Crippen LogP contribution in [0.3, 0.4) is 0 Å². The largest absolute Gasteiger partial charge is 0.497 e. The van der Waals surface area contributed by atoms with Gasteiger partial charge in [0.25, 0.3) is 0 Å². The Kier molecular flexibility index (Phi) is 16.9. The van der Waals surface area contributed by atoms with Crippen molar-refractivity contribution in [1.82, 2.24) is 9.97 Å². The van der Waals surface area contributed by atoms with E-state index < -0.39 is 18.4 Å². The quantitative estimate of drug-likeness (QED) is 0.0474. The van der Waals surface area contributed by atoms with E-state index in [1.165, 1.54) is 0 Å². The molecule has 0 saturated carbocycles. The maximum absolute atomic E-state index is 13.3. The van der Waals surface area contributed by atoms with E-state index in [0.29, 0.717) is 35.8 Å². The van der Waals surface area contributed by atoms with E-state index in [1.54, 1.807) is 26.6 Å². The second-order valence-electron chi connectivity index (χ2n) is 17.1. The number of fused-ring (bicyclic) bond motifs is 2. The Morgan fingerprint density at radius 3 is 1.25 bits per heavy atom. The van der Waals surface area contributed by atoms with Crippen LogP contribution in [0.2, 0.25) is 0 Å². The number of carbonyl (C=O) groups is 2. The van der Waals surface area contributed by atoms with Gasteiger partial charge in [0.1, 0.15) is 67.3 Å². The highest BCUT2D eigenvalue weighted by molar-refractivity contribution is 5.91. The van der Waals surface area contributed by atoms with Crippen molar-refractivity contribution >= 4 is 33.7 Å². The smallest absolute Gasteiger partial charge is 0.317 e. The summed E-state index contributed by atoms with van der Waals surface area (Å²) in [4.78, 5) is 35.9. The summed E-state index contributed by atoms with van der Waals surface area (Å²) in [5.41, 5.74) is 10.7. The fraction of sp³-hybridized carbons (Fsp3) is 0.418. The van der Waals surface area contributed by atoms with Gasteiger partial charge in [0.2, 0.25) is 0 Å². The number of carbonyl (C=O) groups excluding carboxylic acids is 2. The lowest BCUT2D eigenvalue weighted by molar-refractivity contribution is -0.156. The van der Waals surface area contributed by atoms with Crippen molar-refractivity contribution in [3.05, 3.63) is 117 Å². The van der Waals surface area contributed by atoms with Gasteiger partial charge in [0.05, 0.1) is 48.6 Å². The van der Waals surface area contributed by atoms with E-state index >= 15 is 0 Å². The maximum Gasteiger partial charge on any atom is 0.317 e. The Bertz CT molecular complexity index is 2540. The Morgan fingerprint density at radius 2 is 0.910 bits per heavy atom. The highest BCUT2D eigenvalue weighted by Crippen LogP contribution is 2.38. The molecule has 0 bridgehead atoms. The highest BCUT2D eigenvalue weighted by Gasteiger charge is 2.23. The minimum absolute atomic E-state index is 0.0248. The number of esters is 2. The summed E-state index contributed by atoms with van der Waals surface area (Å²) in [7, 11) is 3.27. The number of hydrogen-bond acceptors (Lipinski definition) is 12. The number of ether oxygens (including phenoxy) is 8. The monoisotopic (exact) mass is 914 g/mol. The van der Waals surface area contributed by atoms with E-state index in [2.05, 4.69) is 26.0 Å². The van der Waals surface area contributed by atoms with Crippen molar-refractivity contribution < 1.29 is 47.5 Å². The number of hydrogen-bond donors (Lipinski definition) is 0. The molecule has 0 amide bonds. The summed E-state index contributed by atoms with van der Waals surface area (Å²) in [6, 6.07) is 15.6. The minimum atomic E-state index is -0.680. The zero-order chi connectivity index (χ0) is 48.4. The van der Waals surface area contributed by atoms with Crippen LogP contribution in [0, 0.1) is 13.8 Å². The van der Waals surface area contributed by atoms with Crippen molar-refractivity contribution in [2.24, 2.45) is 0 Å². The molecule has 12 heteroatoms. The molecule has 4 aromatic carbocycles. The van der Waals surface area contributed by atoms with Crippen LogP contribution in [-0.4, -0.2) is 48.3 Å². The Balaban J connectivity index is 1.15. The van der Waals surface area contributed by atoms with Gasteiger partial charge in [-0.25, -0.2) is 0 Å². The molecule has 0 radical (unpaired) electrons. The van der Waals surface area contributed by atoms with Crippen molar-refractivity contribution in [2.75, 3.05) is 14.2 Å². The van der Waals surface area contributed by atoms with Gasteiger partial charge >= 0.3 is 11.9 Å². The zero-order valence-electron chi connectivity index (χ0n) is 41.3. The zero-order valence-corrected chi connectivity index (χ0v) is 41.3. The van der Waals surface area contributed by atoms with Crippen LogP contribution in [-0.2, 0) is 71.2 Å². The molecule has 2 heterocycles. The first-order valence-electron chi connectivity index (χ1n) is 23.3. The molecule has 0 aliphatic rings. The van der Waals surface area contributed by atoms with E-state index in [-0.39, 0.29) is 38.6 Å². The van der Waals surface area contributed by atoms with Gasteiger partial charge in [-0.1, -0.05) is 39.8 Å². The van der Waals surface area contributed by atoms with Crippen LogP contribution in [0.5, 0.6) is 34.5 Å². The summed E-state index contributed by atoms with van der Waals surface area (Å²) in [6.07, 6.45) is 5.60. The molecule has 0 saturated heterocycles. The summed E-state index contributed by atoms with van der Waals surface area (Å²) in [5.74, 6) is 2.91.